The van der Waals surface area contributed by atoms with Gasteiger partial charge in [0.05, 0.1) is 20.8 Å². The predicted molar refractivity (Wildman–Crippen MR) is 103 cm³/mol. The van der Waals surface area contributed by atoms with Crippen molar-refractivity contribution in [1.29, 1.82) is 0 Å². The van der Waals surface area contributed by atoms with E-state index in [1.54, 1.807) is 14.2 Å². The summed E-state index contributed by atoms with van der Waals surface area (Å²) >= 11 is 0. The van der Waals surface area contributed by atoms with Gasteiger partial charge in [0.2, 0.25) is 5.91 Å². The van der Waals surface area contributed by atoms with Crippen molar-refractivity contribution >= 4 is 11.6 Å². The Labute approximate surface area is 154 Å². The molecule has 1 N–H and O–H groups in total. The highest BCUT2D eigenvalue weighted by Gasteiger charge is 2.22. The molecule has 2 aromatic carbocycles. The van der Waals surface area contributed by atoms with Gasteiger partial charge in [-0.05, 0) is 66.8 Å². The van der Waals surface area contributed by atoms with Crippen molar-refractivity contribution in [3.63, 3.8) is 0 Å². The highest BCUT2D eigenvalue weighted by Crippen LogP contribution is 2.33. The van der Waals surface area contributed by atoms with Crippen LogP contribution in [-0.4, -0.2) is 38.1 Å². The zero-order valence-electron chi connectivity index (χ0n) is 15.9. The predicted octanol–water partition coefficient (Wildman–Crippen LogP) is 3.32. The standard InChI is InChI=1S/C21H26N2O3/c1-14-7-15(2)9-18(8-14)22-12-21(24)23-6-5-16-10-19(25-3)20(26-4)11-17(16)13-23/h7-11,22H,5-6,12-13H2,1-4H3. The summed E-state index contributed by atoms with van der Waals surface area (Å²) < 4.78 is 10.8. The van der Waals surface area contributed by atoms with Crippen LogP contribution in [-0.2, 0) is 17.8 Å². The number of nitrogens with zero attached hydrogens (tertiary/aromatic N) is 1. The number of aryl methyl sites for hydroxylation is 2. The van der Waals surface area contributed by atoms with Crippen LogP contribution in [0.1, 0.15) is 22.3 Å². The van der Waals surface area contributed by atoms with E-state index in [0.717, 1.165) is 30.0 Å². The van der Waals surface area contributed by atoms with Crippen molar-refractivity contribution in [2.75, 3.05) is 32.6 Å². The molecule has 1 aliphatic heterocycles. The van der Waals surface area contributed by atoms with E-state index in [0.29, 0.717) is 18.8 Å². The van der Waals surface area contributed by atoms with Gasteiger partial charge in [-0.25, -0.2) is 0 Å². The molecule has 0 saturated heterocycles. The largest absolute Gasteiger partial charge is 0.493 e. The SMILES string of the molecule is COc1cc2c(cc1OC)CN(C(=O)CNc1cc(C)cc(C)c1)CC2. The first kappa shape index (κ1) is 18.1. The Morgan fingerprint density at radius 2 is 1.62 bits per heavy atom. The number of methoxy groups -OCH3 is 2. The number of benzene rings is 2. The van der Waals surface area contributed by atoms with Gasteiger partial charge in [-0.15, -0.1) is 0 Å². The molecule has 1 amide bonds. The van der Waals surface area contributed by atoms with Crippen molar-refractivity contribution in [2.45, 2.75) is 26.8 Å². The second-order valence-corrected chi connectivity index (χ2v) is 6.77. The molecule has 5 heteroatoms. The van der Waals surface area contributed by atoms with Crippen molar-refractivity contribution in [3.05, 3.63) is 52.6 Å². The average molecular weight is 354 g/mol. The fourth-order valence-electron chi connectivity index (χ4n) is 3.46. The number of amides is 1. The van der Waals surface area contributed by atoms with E-state index < -0.39 is 0 Å². The molecule has 0 atom stereocenters. The quantitative estimate of drug-likeness (QED) is 0.895. The third kappa shape index (κ3) is 3.93. The summed E-state index contributed by atoms with van der Waals surface area (Å²) in [5, 5.41) is 3.25. The van der Waals surface area contributed by atoms with Gasteiger partial charge in [0.1, 0.15) is 0 Å². The number of hydrogen-bond acceptors (Lipinski definition) is 4. The number of carbonyl (C=O) groups excluding carboxylic acids is 1. The fraction of sp³-hybridized carbons (Fsp3) is 0.381. The van der Waals surface area contributed by atoms with E-state index in [9.17, 15) is 4.79 Å². The summed E-state index contributed by atoms with van der Waals surface area (Å²) in [4.78, 5) is 14.5. The number of ether oxygens (including phenoxy) is 2. The van der Waals surface area contributed by atoms with E-state index in [2.05, 4.69) is 37.4 Å². The Bertz CT molecular complexity index is 797. The number of carbonyl (C=O) groups is 1. The molecule has 1 aliphatic rings. The molecule has 0 radical (unpaired) electrons. The molecule has 0 aromatic heterocycles. The van der Waals surface area contributed by atoms with Gasteiger partial charge in [-0.3, -0.25) is 4.79 Å². The highest BCUT2D eigenvalue weighted by molar-refractivity contribution is 5.81. The van der Waals surface area contributed by atoms with Gasteiger partial charge >= 0.3 is 0 Å². The lowest BCUT2D eigenvalue weighted by molar-refractivity contribution is -0.130. The van der Waals surface area contributed by atoms with Crippen LogP contribution in [0.5, 0.6) is 11.5 Å². The smallest absolute Gasteiger partial charge is 0.242 e. The lowest BCUT2D eigenvalue weighted by Crippen LogP contribution is -2.39. The minimum atomic E-state index is 0.101. The first-order valence-corrected chi connectivity index (χ1v) is 8.84. The topological polar surface area (TPSA) is 50.8 Å². The molecule has 3 rings (SSSR count). The van der Waals surface area contributed by atoms with Crippen LogP contribution in [0.4, 0.5) is 5.69 Å². The van der Waals surface area contributed by atoms with Gasteiger partial charge in [-0.1, -0.05) is 6.07 Å². The summed E-state index contributed by atoms with van der Waals surface area (Å²) in [5.74, 6) is 1.54. The summed E-state index contributed by atoms with van der Waals surface area (Å²) in [5.41, 5.74) is 5.70. The maximum Gasteiger partial charge on any atom is 0.242 e. The molecule has 26 heavy (non-hydrogen) atoms. The first-order valence-electron chi connectivity index (χ1n) is 8.84. The molecule has 0 fully saturated rings. The van der Waals surface area contributed by atoms with Crippen LogP contribution in [0.2, 0.25) is 0 Å². The van der Waals surface area contributed by atoms with Gasteiger partial charge in [-0.2, -0.15) is 0 Å². The zero-order valence-corrected chi connectivity index (χ0v) is 15.9. The summed E-state index contributed by atoms with van der Waals surface area (Å²) in [6.45, 7) is 5.73. The van der Waals surface area contributed by atoms with Crippen molar-refractivity contribution in [3.8, 4) is 11.5 Å². The third-order valence-corrected chi connectivity index (χ3v) is 4.74. The number of rotatable bonds is 5. The van der Waals surface area contributed by atoms with Gasteiger partial charge in [0.15, 0.2) is 11.5 Å². The molecule has 1 heterocycles. The molecule has 0 saturated carbocycles. The normalized spacial score (nSPS) is 13.2. The van der Waals surface area contributed by atoms with E-state index in [4.69, 9.17) is 9.47 Å². The molecule has 0 unspecified atom stereocenters. The molecule has 0 bridgehead atoms. The number of hydrogen-bond donors (Lipinski definition) is 1. The van der Waals surface area contributed by atoms with Crippen LogP contribution in [0, 0.1) is 13.8 Å². The second kappa shape index (κ2) is 7.68. The third-order valence-electron chi connectivity index (χ3n) is 4.74. The van der Waals surface area contributed by atoms with Crippen LogP contribution in [0.3, 0.4) is 0 Å². The average Bonchev–Trinajstić information content (AvgIpc) is 2.63. The van der Waals surface area contributed by atoms with Gasteiger partial charge in [0, 0.05) is 18.8 Å². The van der Waals surface area contributed by atoms with Gasteiger partial charge in [0.25, 0.3) is 0 Å². The summed E-state index contributed by atoms with van der Waals surface area (Å²) in [6.07, 6.45) is 0.824. The lowest BCUT2D eigenvalue weighted by atomic mass is 9.98. The first-order chi connectivity index (χ1) is 12.5. The number of fused-ring (bicyclic) bond motifs is 1. The number of nitrogens with one attached hydrogen (secondary N) is 1. The Hall–Kier alpha value is -2.69. The molecule has 0 spiro atoms. The second-order valence-electron chi connectivity index (χ2n) is 6.77. The van der Waals surface area contributed by atoms with E-state index in [-0.39, 0.29) is 5.91 Å². The van der Waals surface area contributed by atoms with Crippen LogP contribution >= 0.6 is 0 Å². The monoisotopic (exact) mass is 354 g/mol. The Morgan fingerprint density at radius 3 is 2.23 bits per heavy atom. The maximum atomic E-state index is 12.6. The highest BCUT2D eigenvalue weighted by atomic mass is 16.5. The minimum absolute atomic E-state index is 0.101. The van der Waals surface area contributed by atoms with Crippen LogP contribution < -0.4 is 14.8 Å². The molecular weight excluding hydrogens is 328 g/mol. The van der Waals surface area contributed by atoms with Crippen LogP contribution in [0.15, 0.2) is 30.3 Å². The summed E-state index contributed by atoms with van der Waals surface area (Å²) in [7, 11) is 3.27. The number of anilines is 1. The maximum absolute atomic E-state index is 12.6. The summed E-state index contributed by atoms with van der Waals surface area (Å²) in [6, 6.07) is 10.2. The van der Waals surface area contributed by atoms with Crippen molar-refractivity contribution in [1.82, 2.24) is 4.90 Å². The molecule has 5 nitrogen and oxygen atoms in total. The van der Waals surface area contributed by atoms with E-state index >= 15 is 0 Å². The fourth-order valence-corrected chi connectivity index (χ4v) is 3.46. The lowest BCUT2D eigenvalue weighted by Gasteiger charge is -2.30. The minimum Gasteiger partial charge on any atom is -0.493 e. The molecule has 138 valence electrons. The Morgan fingerprint density at radius 1 is 1.00 bits per heavy atom. The molecular formula is C21H26N2O3. The van der Waals surface area contributed by atoms with Crippen molar-refractivity contribution in [2.24, 2.45) is 0 Å². The molecule has 2 aromatic rings. The van der Waals surface area contributed by atoms with Crippen LogP contribution in [0.25, 0.3) is 0 Å². The van der Waals surface area contributed by atoms with E-state index in [1.165, 1.54) is 16.7 Å². The molecule has 0 aliphatic carbocycles. The van der Waals surface area contributed by atoms with Crippen molar-refractivity contribution < 1.29 is 14.3 Å². The zero-order chi connectivity index (χ0) is 18.7. The van der Waals surface area contributed by atoms with Gasteiger partial charge < -0.3 is 19.7 Å². The Kier molecular flexibility index (Phi) is 5.35. The van der Waals surface area contributed by atoms with E-state index in [1.807, 2.05) is 17.0 Å². The Balaban J connectivity index is 1.67.